The van der Waals surface area contributed by atoms with Crippen LogP contribution in [0.2, 0.25) is 0 Å². The molecular formula is C23H24F3N3O3. The zero-order chi connectivity index (χ0) is 22.9. The van der Waals surface area contributed by atoms with Crippen molar-refractivity contribution in [1.29, 1.82) is 5.26 Å². The molecule has 1 amide bonds. The first-order valence-electron chi connectivity index (χ1n) is 10.5. The molecule has 0 unspecified atom stereocenters. The smallest absolute Gasteiger partial charge is 0.417 e. The lowest BCUT2D eigenvalue weighted by Crippen LogP contribution is -2.49. The van der Waals surface area contributed by atoms with Crippen LogP contribution in [-0.2, 0) is 10.9 Å². The van der Waals surface area contributed by atoms with Gasteiger partial charge in [-0.1, -0.05) is 0 Å². The van der Waals surface area contributed by atoms with Gasteiger partial charge < -0.3 is 19.0 Å². The van der Waals surface area contributed by atoms with Gasteiger partial charge in [0.25, 0.3) is 5.91 Å². The van der Waals surface area contributed by atoms with E-state index in [0.29, 0.717) is 51.5 Å². The Morgan fingerprint density at radius 1 is 1.34 bits per heavy atom. The van der Waals surface area contributed by atoms with Crippen LogP contribution < -0.4 is 4.90 Å². The molecular weight excluding hydrogens is 423 g/mol. The van der Waals surface area contributed by atoms with Crippen molar-refractivity contribution in [3.63, 3.8) is 0 Å². The summed E-state index contributed by atoms with van der Waals surface area (Å²) in [6, 6.07) is 8.75. The van der Waals surface area contributed by atoms with Crippen molar-refractivity contribution >= 4 is 11.6 Å². The summed E-state index contributed by atoms with van der Waals surface area (Å²) in [5, 5.41) is 9.06. The molecule has 0 N–H and O–H groups in total. The van der Waals surface area contributed by atoms with E-state index >= 15 is 0 Å². The fourth-order valence-corrected chi connectivity index (χ4v) is 4.83. The summed E-state index contributed by atoms with van der Waals surface area (Å²) in [5.41, 5.74) is -1.14. The van der Waals surface area contributed by atoms with Gasteiger partial charge in [0, 0.05) is 49.8 Å². The number of anilines is 1. The molecule has 2 saturated heterocycles. The summed E-state index contributed by atoms with van der Waals surface area (Å²) in [4.78, 5) is 16.5. The lowest BCUT2D eigenvalue weighted by Gasteiger charge is -2.44. The van der Waals surface area contributed by atoms with Gasteiger partial charge in [0.15, 0.2) is 5.76 Å². The minimum absolute atomic E-state index is 0.0340. The number of benzene rings is 1. The Bertz CT molecular complexity index is 1020. The standard InChI is InChI=1S/C23H24F3N3O3/c1-2-31-15-22-7-8-28(18-6-5-16(11-27)19(10-18)23(24,25)26)12-17(22)13-29(14-22)21(30)20-4-3-9-32-20/h3-6,9-10,17H,2,7-8,12-15H2,1H3/t17-,22+/m1/s1. The average Bonchev–Trinajstić information content (AvgIpc) is 3.44. The zero-order valence-electron chi connectivity index (χ0n) is 17.7. The molecule has 9 heteroatoms. The van der Waals surface area contributed by atoms with E-state index in [0.717, 1.165) is 6.07 Å². The monoisotopic (exact) mass is 447 g/mol. The van der Waals surface area contributed by atoms with Gasteiger partial charge in [-0.2, -0.15) is 18.4 Å². The SMILES string of the molecule is CCOC[C@@]12CCN(c3ccc(C#N)c(C(F)(F)F)c3)C[C@@H]1CN(C(=O)c1ccco1)C2. The van der Waals surface area contributed by atoms with E-state index in [1.807, 2.05) is 11.8 Å². The minimum atomic E-state index is -4.60. The van der Waals surface area contributed by atoms with E-state index in [1.54, 1.807) is 29.2 Å². The number of likely N-dealkylation sites (tertiary alicyclic amines) is 1. The largest absolute Gasteiger partial charge is 0.459 e. The maximum absolute atomic E-state index is 13.4. The number of nitriles is 1. The number of piperidine rings is 1. The van der Waals surface area contributed by atoms with E-state index in [-0.39, 0.29) is 28.6 Å². The van der Waals surface area contributed by atoms with Crippen molar-refractivity contribution in [3.8, 4) is 6.07 Å². The molecule has 2 aliphatic heterocycles. The molecule has 6 nitrogen and oxygen atoms in total. The quantitative estimate of drug-likeness (QED) is 0.688. The summed E-state index contributed by atoms with van der Waals surface area (Å²) < 4.78 is 51.3. The number of carbonyl (C=O) groups is 1. The molecule has 0 radical (unpaired) electrons. The van der Waals surface area contributed by atoms with Crippen LogP contribution in [0.3, 0.4) is 0 Å². The van der Waals surface area contributed by atoms with Crippen LogP contribution in [0, 0.1) is 22.7 Å². The lowest BCUT2D eigenvalue weighted by atomic mass is 9.73. The average molecular weight is 447 g/mol. The summed E-state index contributed by atoms with van der Waals surface area (Å²) >= 11 is 0. The number of hydrogen-bond acceptors (Lipinski definition) is 5. The molecule has 32 heavy (non-hydrogen) atoms. The molecule has 3 heterocycles. The Morgan fingerprint density at radius 3 is 2.81 bits per heavy atom. The third kappa shape index (κ3) is 4.07. The summed E-state index contributed by atoms with van der Waals surface area (Å²) in [6.07, 6.45) is -2.46. The molecule has 4 rings (SSSR count). The number of carbonyl (C=O) groups excluding carboxylic acids is 1. The van der Waals surface area contributed by atoms with Crippen molar-refractivity contribution < 1.29 is 27.1 Å². The van der Waals surface area contributed by atoms with Crippen LogP contribution in [0.4, 0.5) is 18.9 Å². The molecule has 1 aromatic carbocycles. The van der Waals surface area contributed by atoms with E-state index < -0.39 is 11.7 Å². The molecule has 1 aromatic heterocycles. The Labute approximate surface area is 184 Å². The summed E-state index contributed by atoms with van der Waals surface area (Å²) in [5.74, 6) is 0.116. The summed E-state index contributed by atoms with van der Waals surface area (Å²) in [6.45, 7) is 4.99. The first kappa shape index (κ1) is 22.2. The topological polar surface area (TPSA) is 69.7 Å². The maximum Gasteiger partial charge on any atom is 0.417 e. The minimum Gasteiger partial charge on any atom is -0.459 e. The fraction of sp³-hybridized carbons (Fsp3) is 0.478. The number of rotatable bonds is 5. The second-order valence-electron chi connectivity index (χ2n) is 8.39. The first-order chi connectivity index (χ1) is 15.3. The van der Waals surface area contributed by atoms with Gasteiger partial charge in [-0.3, -0.25) is 4.79 Å². The van der Waals surface area contributed by atoms with Crippen LogP contribution in [0.25, 0.3) is 0 Å². The Kier molecular flexibility index (Phi) is 5.91. The molecule has 2 atom stereocenters. The van der Waals surface area contributed by atoms with Crippen molar-refractivity contribution in [2.75, 3.05) is 44.3 Å². The molecule has 0 aliphatic carbocycles. The van der Waals surface area contributed by atoms with Gasteiger partial charge in [0.1, 0.15) is 0 Å². The summed E-state index contributed by atoms with van der Waals surface area (Å²) in [7, 11) is 0. The van der Waals surface area contributed by atoms with Crippen molar-refractivity contribution in [2.24, 2.45) is 11.3 Å². The molecule has 0 saturated carbocycles. The Balaban J connectivity index is 1.58. The normalized spacial score (nSPS) is 23.2. The molecule has 0 bridgehead atoms. The van der Waals surface area contributed by atoms with E-state index in [4.69, 9.17) is 14.4 Å². The third-order valence-corrected chi connectivity index (χ3v) is 6.54. The van der Waals surface area contributed by atoms with E-state index in [9.17, 15) is 18.0 Å². The highest BCUT2D eigenvalue weighted by Crippen LogP contribution is 2.45. The van der Waals surface area contributed by atoms with Crippen LogP contribution in [0.5, 0.6) is 0 Å². The second-order valence-corrected chi connectivity index (χ2v) is 8.39. The zero-order valence-corrected chi connectivity index (χ0v) is 17.7. The van der Waals surface area contributed by atoms with Crippen LogP contribution >= 0.6 is 0 Å². The van der Waals surface area contributed by atoms with Gasteiger partial charge in [0.05, 0.1) is 30.1 Å². The second kappa shape index (κ2) is 8.51. The van der Waals surface area contributed by atoms with Gasteiger partial charge in [0.2, 0.25) is 0 Å². The van der Waals surface area contributed by atoms with Crippen molar-refractivity contribution in [3.05, 3.63) is 53.5 Å². The molecule has 0 spiro atoms. The number of ether oxygens (including phenoxy) is 1. The van der Waals surface area contributed by atoms with Crippen LogP contribution in [-0.4, -0.2) is 50.2 Å². The number of amides is 1. The van der Waals surface area contributed by atoms with Gasteiger partial charge in [-0.25, -0.2) is 0 Å². The van der Waals surface area contributed by atoms with Gasteiger partial charge in [-0.15, -0.1) is 0 Å². The van der Waals surface area contributed by atoms with Gasteiger partial charge in [-0.05, 0) is 43.7 Å². The maximum atomic E-state index is 13.4. The molecule has 2 aromatic rings. The van der Waals surface area contributed by atoms with Gasteiger partial charge >= 0.3 is 6.18 Å². The number of nitrogens with zero attached hydrogens (tertiary/aromatic N) is 3. The molecule has 2 fully saturated rings. The Morgan fingerprint density at radius 2 is 2.16 bits per heavy atom. The Hall–Kier alpha value is -2.99. The van der Waals surface area contributed by atoms with Crippen molar-refractivity contribution in [2.45, 2.75) is 19.5 Å². The highest BCUT2D eigenvalue weighted by Gasteiger charge is 2.51. The number of hydrogen-bond donors (Lipinski definition) is 0. The number of alkyl halides is 3. The number of halogens is 3. The number of furan rings is 1. The van der Waals surface area contributed by atoms with E-state index in [2.05, 4.69) is 0 Å². The highest BCUT2D eigenvalue weighted by molar-refractivity contribution is 5.91. The molecule has 170 valence electrons. The van der Waals surface area contributed by atoms with Crippen LogP contribution in [0.15, 0.2) is 41.0 Å². The van der Waals surface area contributed by atoms with Crippen molar-refractivity contribution in [1.82, 2.24) is 4.90 Å². The first-order valence-corrected chi connectivity index (χ1v) is 10.5. The fourth-order valence-electron chi connectivity index (χ4n) is 4.83. The van der Waals surface area contributed by atoms with E-state index in [1.165, 1.54) is 12.3 Å². The molecule has 2 aliphatic rings. The predicted octanol–water partition coefficient (Wildman–Crippen LogP) is 4.18. The third-order valence-electron chi connectivity index (χ3n) is 6.54. The lowest BCUT2D eigenvalue weighted by molar-refractivity contribution is -0.137. The highest BCUT2D eigenvalue weighted by atomic mass is 19.4. The number of fused-ring (bicyclic) bond motifs is 1. The predicted molar refractivity (Wildman–Crippen MR) is 110 cm³/mol. The van der Waals surface area contributed by atoms with Crippen LogP contribution in [0.1, 0.15) is 35.0 Å².